The van der Waals surface area contributed by atoms with Gasteiger partial charge < -0.3 is 5.73 Å². The van der Waals surface area contributed by atoms with Crippen molar-refractivity contribution in [3.05, 3.63) is 23.2 Å². The molecule has 20 heavy (non-hydrogen) atoms. The number of hydrogen-bond acceptors (Lipinski definition) is 3. The lowest BCUT2D eigenvalue weighted by molar-refractivity contribution is 0.285. The number of nitrogens with one attached hydrogen (secondary N) is 1. The fourth-order valence-corrected chi connectivity index (χ4v) is 4.55. The summed E-state index contributed by atoms with van der Waals surface area (Å²) in [6, 6.07) is 4.46. The zero-order valence-corrected chi connectivity index (χ0v) is 13.2. The first-order chi connectivity index (χ1) is 9.38. The van der Waals surface area contributed by atoms with Crippen LogP contribution in [0.15, 0.2) is 23.1 Å². The molecular formula is C14H21ClN2O2S. The molecule has 0 spiro atoms. The molecule has 0 heterocycles. The highest BCUT2D eigenvalue weighted by atomic mass is 35.5. The molecule has 0 aromatic heterocycles. The third kappa shape index (κ3) is 3.27. The highest BCUT2D eigenvalue weighted by Crippen LogP contribution is 2.40. The van der Waals surface area contributed by atoms with Gasteiger partial charge in [0, 0.05) is 12.2 Å². The first kappa shape index (κ1) is 15.6. The minimum absolute atomic E-state index is 0.0950. The van der Waals surface area contributed by atoms with Crippen molar-refractivity contribution in [1.82, 2.24) is 4.72 Å². The van der Waals surface area contributed by atoms with E-state index in [1.54, 1.807) is 6.07 Å². The number of hydrogen-bond donors (Lipinski definition) is 2. The Kier molecular flexibility index (Phi) is 4.62. The van der Waals surface area contributed by atoms with Gasteiger partial charge in [-0.1, -0.05) is 31.4 Å². The molecule has 0 aliphatic heterocycles. The lowest BCUT2D eigenvalue weighted by atomic mass is 9.84. The van der Waals surface area contributed by atoms with Gasteiger partial charge in [-0.25, -0.2) is 13.1 Å². The van der Waals surface area contributed by atoms with E-state index < -0.39 is 10.0 Å². The average Bonchev–Trinajstić information content (AvgIpc) is 2.85. The highest BCUT2D eigenvalue weighted by Gasteiger charge is 2.33. The maximum atomic E-state index is 12.3. The fourth-order valence-electron chi connectivity index (χ4n) is 2.84. The van der Waals surface area contributed by atoms with Gasteiger partial charge in [0.15, 0.2) is 0 Å². The molecule has 1 aliphatic carbocycles. The molecule has 4 nitrogen and oxygen atoms in total. The van der Waals surface area contributed by atoms with E-state index in [2.05, 4.69) is 11.6 Å². The van der Waals surface area contributed by atoms with Crippen molar-refractivity contribution >= 4 is 27.3 Å². The van der Waals surface area contributed by atoms with Gasteiger partial charge in [0.1, 0.15) is 4.90 Å². The Bertz CT molecular complexity index is 581. The second-order valence-electron chi connectivity index (χ2n) is 5.58. The van der Waals surface area contributed by atoms with Gasteiger partial charge in [-0.05, 0) is 42.9 Å². The summed E-state index contributed by atoms with van der Waals surface area (Å²) in [5.41, 5.74) is 6.15. The Hall–Kier alpha value is -0.780. The summed E-state index contributed by atoms with van der Waals surface area (Å²) in [5, 5.41) is 0.162. The number of nitrogen functional groups attached to an aromatic ring is 1. The Morgan fingerprint density at radius 3 is 2.55 bits per heavy atom. The second kappa shape index (κ2) is 5.92. The molecule has 1 aromatic rings. The van der Waals surface area contributed by atoms with Gasteiger partial charge in [-0.15, -0.1) is 0 Å². The van der Waals surface area contributed by atoms with Crippen molar-refractivity contribution in [3.63, 3.8) is 0 Å². The number of halogens is 1. The predicted molar refractivity (Wildman–Crippen MR) is 82.2 cm³/mol. The van der Waals surface area contributed by atoms with Crippen LogP contribution in [0.1, 0.15) is 39.0 Å². The van der Waals surface area contributed by atoms with Gasteiger partial charge in [0.2, 0.25) is 10.0 Å². The first-order valence-electron chi connectivity index (χ1n) is 6.93. The van der Waals surface area contributed by atoms with Crippen LogP contribution in [-0.4, -0.2) is 15.0 Å². The van der Waals surface area contributed by atoms with E-state index in [-0.39, 0.29) is 15.3 Å². The molecule has 0 radical (unpaired) electrons. The van der Waals surface area contributed by atoms with Gasteiger partial charge >= 0.3 is 0 Å². The van der Waals surface area contributed by atoms with Crippen LogP contribution in [0, 0.1) is 5.41 Å². The molecule has 0 unspecified atom stereocenters. The van der Waals surface area contributed by atoms with Crippen molar-refractivity contribution < 1.29 is 8.42 Å². The standard InChI is InChI=1S/C14H21ClN2O2S/c1-2-14(7-3-4-8-14)10-17-20(18,19)13-6-5-11(16)9-12(13)15/h5-6,9,17H,2-4,7-8,10,16H2,1H3. The van der Waals surface area contributed by atoms with Gasteiger partial charge in [-0.2, -0.15) is 0 Å². The van der Waals surface area contributed by atoms with E-state index in [1.807, 2.05) is 0 Å². The van der Waals surface area contributed by atoms with Crippen LogP contribution in [0.3, 0.4) is 0 Å². The van der Waals surface area contributed by atoms with Crippen LogP contribution < -0.4 is 10.5 Å². The minimum Gasteiger partial charge on any atom is -0.399 e. The van der Waals surface area contributed by atoms with Crippen LogP contribution in [-0.2, 0) is 10.0 Å². The van der Waals surface area contributed by atoms with E-state index in [1.165, 1.54) is 25.0 Å². The monoisotopic (exact) mass is 316 g/mol. The molecule has 0 amide bonds. The van der Waals surface area contributed by atoms with E-state index in [0.29, 0.717) is 12.2 Å². The third-order valence-electron chi connectivity index (χ3n) is 4.30. The minimum atomic E-state index is -3.58. The lowest BCUT2D eigenvalue weighted by Gasteiger charge is -2.27. The number of rotatable bonds is 5. The quantitative estimate of drug-likeness (QED) is 0.819. The summed E-state index contributed by atoms with van der Waals surface area (Å²) in [6.07, 6.45) is 5.52. The first-order valence-corrected chi connectivity index (χ1v) is 8.79. The van der Waals surface area contributed by atoms with Crippen LogP contribution in [0.25, 0.3) is 0 Å². The maximum absolute atomic E-state index is 12.3. The molecule has 1 saturated carbocycles. The predicted octanol–water partition coefficient (Wildman–Crippen LogP) is 3.17. The van der Waals surface area contributed by atoms with Crippen LogP contribution >= 0.6 is 11.6 Å². The summed E-state index contributed by atoms with van der Waals surface area (Å²) in [7, 11) is -3.58. The Morgan fingerprint density at radius 1 is 1.35 bits per heavy atom. The molecule has 1 fully saturated rings. The number of anilines is 1. The van der Waals surface area contributed by atoms with Crippen molar-refractivity contribution in [2.75, 3.05) is 12.3 Å². The summed E-state index contributed by atoms with van der Waals surface area (Å²) >= 11 is 5.98. The Morgan fingerprint density at radius 2 is 2.00 bits per heavy atom. The average molecular weight is 317 g/mol. The lowest BCUT2D eigenvalue weighted by Crippen LogP contribution is -2.35. The van der Waals surface area contributed by atoms with Gasteiger partial charge in [0.25, 0.3) is 0 Å². The van der Waals surface area contributed by atoms with Crippen molar-refractivity contribution in [1.29, 1.82) is 0 Å². The topological polar surface area (TPSA) is 72.2 Å². The van der Waals surface area contributed by atoms with Crippen molar-refractivity contribution in [2.24, 2.45) is 5.41 Å². The summed E-state index contributed by atoms with van der Waals surface area (Å²) in [6.45, 7) is 2.60. The van der Waals surface area contributed by atoms with Crippen LogP contribution in [0.4, 0.5) is 5.69 Å². The molecule has 1 aliphatic rings. The summed E-state index contributed by atoms with van der Waals surface area (Å²) in [5.74, 6) is 0. The summed E-state index contributed by atoms with van der Waals surface area (Å²) in [4.78, 5) is 0.0950. The Balaban J connectivity index is 2.15. The fraction of sp³-hybridized carbons (Fsp3) is 0.571. The van der Waals surface area contributed by atoms with E-state index in [0.717, 1.165) is 19.3 Å². The number of sulfonamides is 1. The molecule has 0 bridgehead atoms. The van der Waals surface area contributed by atoms with E-state index >= 15 is 0 Å². The number of nitrogens with two attached hydrogens (primary N) is 1. The molecule has 2 rings (SSSR count). The normalized spacial score (nSPS) is 18.3. The molecular weight excluding hydrogens is 296 g/mol. The molecule has 112 valence electrons. The van der Waals surface area contributed by atoms with Gasteiger partial charge in [0.05, 0.1) is 5.02 Å². The van der Waals surface area contributed by atoms with Crippen LogP contribution in [0.2, 0.25) is 5.02 Å². The number of benzene rings is 1. The molecule has 3 N–H and O–H groups in total. The maximum Gasteiger partial charge on any atom is 0.242 e. The van der Waals surface area contributed by atoms with Gasteiger partial charge in [-0.3, -0.25) is 0 Å². The third-order valence-corrected chi connectivity index (χ3v) is 6.18. The van der Waals surface area contributed by atoms with E-state index in [4.69, 9.17) is 17.3 Å². The molecule has 0 saturated heterocycles. The molecule has 0 atom stereocenters. The molecule has 6 heteroatoms. The SMILES string of the molecule is CCC1(CNS(=O)(=O)c2ccc(N)cc2Cl)CCCC1. The molecule has 1 aromatic carbocycles. The second-order valence-corrected chi connectivity index (χ2v) is 7.72. The Labute approximate surface area is 125 Å². The van der Waals surface area contributed by atoms with E-state index in [9.17, 15) is 8.42 Å². The largest absolute Gasteiger partial charge is 0.399 e. The highest BCUT2D eigenvalue weighted by molar-refractivity contribution is 7.89. The summed E-state index contributed by atoms with van der Waals surface area (Å²) < 4.78 is 27.4. The van der Waals surface area contributed by atoms with Crippen molar-refractivity contribution in [2.45, 2.75) is 43.9 Å². The zero-order chi connectivity index (χ0) is 14.8. The zero-order valence-electron chi connectivity index (χ0n) is 11.7. The van der Waals surface area contributed by atoms with Crippen LogP contribution in [0.5, 0.6) is 0 Å². The van der Waals surface area contributed by atoms with Crippen molar-refractivity contribution in [3.8, 4) is 0 Å². The smallest absolute Gasteiger partial charge is 0.242 e.